The van der Waals surface area contributed by atoms with Crippen molar-refractivity contribution in [1.29, 1.82) is 0 Å². The molecule has 0 amide bonds. The lowest BCUT2D eigenvalue weighted by Gasteiger charge is -2.14. The zero-order valence-corrected chi connectivity index (χ0v) is 11.6. The lowest BCUT2D eigenvalue weighted by atomic mass is 9.96. The number of aliphatic hydroxyl groups is 2. The Labute approximate surface area is 114 Å². The van der Waals surface area contributed by atoms with Gasteiger partial charge in [0.05, 0.1) is 0 Å². The van der Waals surface area contributed by atoms with Crippen LogP contribution in [0, 0.1) is 11.8 Å². The van der Waals surface area contributed by atoms with E-state index in [-0.39, 0.29) is 18.9 Å². The first-order valence-electron chi connectivity index (χ1n) is 6.73. The van der Waals surface area contributed by atoms with Gasteiger partial charge in [-0.1, -0.05) is 44.2 Å². The molecule has 0 unspecified atom stereocenters. The van der Waals surface area contributed by atoms with E-state index in [1.165, 1.54) is 6.08 Å². The first-order valence-corrected chi connectivity index (χ1v) is 6.73. The average molecular weight is 266 g/mol. The van der Waals surface area contributed by atoms with Gasteiger partial charge in [0.25, 0.3) is 0 Å². The van der Waals surface area contributed by atoms with Crippen LogP contribution in [-0.2, 0) is 6.42 Å². The number of aliphatic hydroxyl groups excluding tert-OH is 2. The molecule has 0 saturated carbocycles. The molecular weight excluding hydrogens is 243 g/mol. The van der Waals surface area contributed by atoms with Crippen LogP contribution in [0.5, 0.6) is 0 Å². The molecule has 0 aliphatic rings. The largest absolute Gasteiger partial charge is 0.396 e. The Hall–Kier alpha value is -1.19. The van der Waals surface area contributed by atoms with E-state index in [1.807, 2.05) is 44.2 Å². The minimum atomic E-state index is -1.14. The highest BCUT2D eigenvalue weighted by Crippen LogP contribution is 2.18. The van der Waals surface area contributed by atoms with Gasteiger partial charge in [0.2, 0.25) is 0 Å². The van der Waals surface area contributed by atoms with Crippen LogP contribution in [0.15, 0.2) is 42.2 Å². The summed E-state index contributed by atoms with van der Waals surface area (Å²) < 4.78 is 13.9. The molecule has 3 heteroatoms. The summed E-state index contributed by atoms with van der Waals surface area (Å²) in [5, 5.41) is 19.0. The van der Waals surface area contributed by atoms with E-state index in [2.05, 4.69) is 0 Å². The summed E-state index contributed by atoms with van der Waals surface area (Å²) in [4.78, 5) is 0. The van der Waals surface area contributed by atoms with Gasteiger partial charge in [-0.05, 0) is 24.0 Å². The van der Waals surface area contributed by atoms with Crippen molar-refractivity contribution >= 4 is 0 Å². The molecule has 0 aromatic heterocycles. The molecule has 0 saturated heterocycles. The van der Waals surface area contributed by atoms with Crippen LogP contribution in [0.2, 0.25) is 0 Å². The molecule has 0 bridgehead atoms. The molecule has 0 aliphatic heterocycles. The Morgan fingerprint density at radius 2 is 1.89 bits per heavy atom. The standard InChI is InChI=1S/C16H23FO2/c1-12(2)8-14(11-18)9-15(17)16(19)10-13-6-4-3-5-7-13/h3-7,9,12,14,16,18-19H,8,10-11H2,1-2H3/b15-9-/t14-,16+/m0/s1. The molecule has 0 spiro atoms. The Morgan fingerprint density at radius 3 is 2.42 bits per heavy atom. The van der Waals surface area contributed by atoms with Crippen molar-refractivity contribution in [2.75, 3.05) is 6.61 Å². The summed E-state index contributed by atoms with van der Waals surface area (Å²) in [7, 11) is 0. The summed E-state index contributed by atoms with van der Waals surface area (Å²) >= 11 is 0. The molecule has 0 heterocycles. The van der Waals surface area contributed by atoms with Crippen molar-refractivity contribution in [2.45, 2.75) is 32.8 Å². The van der Waals surface area contributed by atoms with Crippen LogP contribution < -0.4 is 0 Å². The highest BCUT2D eigenvalue weighted by Gasteiger charge is 2.15. The number of hydrogen-bond acceptors (Lipinski definition) is 2. The van der Waals surface area contributed by atoms with E-state index < -0.39 is 11.9 Å². The van der Waals surface area contributed by atoms with E-state index in [1.54, 1.807) is 0 Å². The average Bonchev–Trinajstić information content (AvgIpc) is 2.38. The SMILES string of the molecule is CC(C)C[C@@H](/C=C(\F)[C@H](O)Cc1ccccc1)CO. The molecule has 1 aromatic rings. The lowest BCUT2D eigenvalue weighted by molar-refractivity contribution is 0.177. The van der Waals surface area contributed by atoms with Crippen LogP contribution in [0.25, 0.3) is 0 Å². The Balaban J connectivity index is 2.62. The quantitative estimate of drug-likeness (QED) is 0.796. The fourth-order valence-electron chi connectivity index (χ4n) is 2.07. The maximum Gasteiger partial charge on any atom is 0.125 e. The summed E-state index contributed by atoms with van der Waals surface area (Å²) in [5.74, 6) is -0.401. The van der Waals surface area contributed by atoms with Gasteiger partial charge in [-0.3, -0.25) is 0 Å². The lowest BCUT2D eigenvalue weighted by Crippen LogP contribution is -2.14. The van der Waals surface area contributed by atoms with E-state index in [0.717, 1.165) is 5.56 Å². The topological polar surface area (TPSA) is 40.5 Å². The maximum atomic E-state index is 13.9. The predicted molar refractivity (Wildman–Crippen MR) is 75.4 cm³/mol. The Kier molecular flexibility index (Phi) is 6.74. The molecule has 2 nitrogen and oxygen atoms in total. The van der Waals surface area contributed by atoms with Crippen LogP contribution >= 0.6 is 0 Å². The van der Waals surface area contributed by atoms with Crippen LogP contribution in [0.3, 0.4) is 0 Å². The third-order valence-corrected chi connectivity index (χ3v) is 2.99. The predicted octanol–water partition coefficient (Wildman–Crippen LogP) is 3.10. The molecule has 0 radical (unpaired) electrons. The first-order chi connectivity index (χ1) is 9.02. The minimum absolute atomic E-state index is 0.0936. The van der Waals surface area contributed by atoms with E-state index in [4.69, 9.17) is 0 Å². The summed E-state index contributed by atoms with van der Waals surface area (Å²) in [6, 6.07) is 9.31. The monoisotopic (exact) mass is 266 g/mol. The van der Waals surface area contributed by atoms with Crippen molar-refractivity contribution in [3.05, 3.63) is 47.8 Å². The highest BCUT2D eigenvalue weighted by atomic mass is 19.1. The summed E-state index contributed by atoms with van der Waals surface area (Å²) in [6.45, 7) is 3.95. The second-order valence-electron chi connectivity index (χ2n) is 5.33. The normalized spacial score (nSPS) is 15.6. The summed E-state index contributed by atoms with van der Waals surface area (Å²) in [5.41, 5.74) is 0.892. The third-order valence-electron chi connectivity index (χ3n) is 2.99. The first kappa shape index (κ1) is 15.9. The van der Waals surface area contributed by atoms with Gasteiger partial charge < -0.3 is 10.2 Å². The van der Waals surface area contributed by atoms with Crippen molar-refractivity contribution in [1.82, 2.24) is 0 Å². The van der Waals surface area contributed by atoms with Gasteiger partial charge in [0, 0.05) is 18.9 Å². The van der Waals surface area contributed by atoms with Gasteiger partial charge in [0.1, 0.15) is 11.9 Å². The molecule has 0 aliphatic carbocycles. The molecule has 1 aromatic carbocycles. The number of rotatable bonds is 7. The zero-order chi connectivity index (χ0) is 14.3. The van der Waals surface area contributed by atoms with Crippen LogP contribution in [-0.4, -0.2) is 22.9 Å². The zero-order valence-electron chi connectivity index (χ0n) is 11.6. The number of halogens is 1. The van der Waals surface area contributed by atoms with Gasteiger partial charge >= 0.3 is 0 Å². The van der Waals surface area contributed by atoms with Crippen molar-refractivity contribution < 1.29 is 14.6 Å². The van der Waals surface area contributed by atoms with Crippen molar-refractivity contribution in [3.8, 4) is 0 Å². The van der Waals surface area contributed by atoms with Crippen LogP contribution in [0.4, 0.5) is 4.39 Å². The summed E-state index contributed by atoms with van der Waals surface area (Å²) in [6.07, 6.45) is 1.18. The van der Waals surface area contributed by atoms with Gasteiger partial charge in [-0.2, -0.15) is 0 Å². The van der Waals surface area contributed by atoms with E-state index in [0.29, 0.717) is 12.3 Å². The second-order valence-corrected chi connectivity index (χ2v) is 5.33. The van der Waals surface area contributed by atoms with Crippen molar-refractivity contribution in [3.63, 3.8) is 0 Å². The molecule has 1 rings (SSSR count). The van der Waals surface area contributed by atoms with Crippen molar-refractivity contribution in [2.24, 2.45) is 11.8 Å². The minimum Gasteiger partial charge on any atom is -0.396 e. The molecule has 2 N–H and O–H groups in total. The number of benzene rings is 1. The molecule has 19 heavy (non-hydrogen) atoms. The van der Waals surface area contributed by atoms with Gasteiger partial charge in [0.15, 0.2) is 0 Å². The van der Waals surface area contributed by atoms with Gasteiger partial charge in [-0.25, -0.2) is 4.39 Å². The van der Waals surface area contributed by atoms with E-state index >= 15 is 0 Å². The molecule has 106 valence electrons. The van der Waals surface area contributed by atoms with E-state index in [9.17, 15) is 14.6 Å². The maximum absolute atomic E-state index is 13.9. The smallest absolute Gasteiger partial charge is 0.125 e. The molecule has 0 fully saturated rings. The highest BCUT2D eigenvalue weighted by molar-refractivity contribution is 5.18. The second kappa shape index (κ2) is 8.08. The Morgan fingerprint density at radius 1 is 1.26 bits per heavy atom. The van der Waals surface area contributed by atoms with Gasteiger partial charge in [-0.15, -0.1) is 0 Å². The Bertz CT molecular complexity index is 387. The molecule has 2 atom stereocenters. The number of hydrogen-bond donors (Lipinski definition) is 2. The third kappa shape index (κ3) is 5.99. The molecular formula is C16H23FO2. The fourth-order valence-corrected chi connectivity index (χ4v) is 2.07. The fraction of sp³-hybridized carbons (Fsp3) is 0.500. The van der Waals surface area contributed by atoms with Crippen LogP contribution in [0.1, 0.15) is 25.8 Å².